The molecule has 10 nitrogen and oxygen atoms in total. The van der Waals surface area contributed by atoms with Gasteiger partial charge in [-0.15, -0.1) is 0 Å². The van der Waals surface area contributed by atoms with Gasteiger partial charge < -0.3 is 14.4 Å². The molecule has 0 aromatic heterocycles. The molecule has 0 aliphatic carbocycles. The van der Waals surface area contributed by atoms with Gasteiger partial charge in [0, 0.05) is 24.2 Å². The van der Waals surface area contributed by atoms with Crippen molar-refractivity contribution in [2.75, 3.05) is 25.7 Å². The van der Waals surface area contributed by atoms with E-state index in [2.05, 4.69) is 0 Å². The van der Waals surface area contributed by atoms with Crippen molar-refractivity contribution < 1.29 is 28.8 Å². The van der Waals surface area contributed by atoms with Crippen molar-refractivity contribution in [1.82, 2.24) is 4.90 Å². The van der Waals surface area contributed by atoms with Gasteiger partial charge in [0.1, 0.15) is 6.04 Å². The van der Waals surface area contributed by atoms with Gasteiger partial charge in [0.15, 0.2) is 11.5 Å². The molecule has 1 atom stereocenters. The minimum Gasteiger partial charge on any atom is -0.493 e. The van der Waals surface area contributed by atoms with Crippen LogP contribution >= 0.6 is 0 Å². The Kier molecular flexibility index (Phi) is 7.71. The van der Waals surface area contributed by atoms with Crippen molar-refractivity contribution >= 4 is 29.1 Å². The van der Waals surface area contributed by atoms with E-state index >= 15 is 0 Å². The Morgan fingerprint density at radius 2 is 1.74 bits per heavy atom. The van der Waals surface area contributed by atoms with Crippen molar-refractivity contribution in [2.45, 2.75) is 25.8 Å². The number of methoxy groups -OCH3 is 2. The predicted molar refractivity (Wildman–Crippen MR) is 139 cm³/mol. The van der Waals surface area contributed by atoms with Gasteiger partial charge in [0.25, 0.3) is 17.5 Å². The summed E-state index contributed by atoms with van der Waals surface area (Å²) in [6.07, 6.45) is 0.142. The number of carbonyl (C=O) groups excluding carboxylic acids is 3. The Hall–Kier alpha value is -4.73. The molecule has 1 fully saturated rings. The second-order valence-corrected chi connectivity index (χ2v) is 8.87. The quantitative estimate of drug-likeness (QED) is 0.240. The summed E-state index contributed by atoms with van der Waals surface area (Å²) >= 11 is 0. The van der Waals surface area contributed by atoms with Crippen LogP contribution in [0.2, 0.25) is 0 Å². The molecular formula is C28H27N3O7. The van der Waals surface area contributed by atoms with Gasteiger partial charge in [-0.1, -0.05) is 29.8 Å². The normalized spacial score (nSPS) is 14.9. The highest BCUT2D eigenvalue weighted by atomic mass is 16.6. The third-order valence-corrected chi connectivity index (χ3v) is 6.45. The summed E-state index contributed by atoms with van der Waals surface area (Å²) in [5.41, 5.74) is 2.02. The highest BCUT2D eigenvalue weighted by Gasteiger charge is 2.44. The van der Waals surface area contributed by atoms with Crippen LogP contribution < -0.4 is 14.4 Å². The fraction of sp³-hybridized carbons (Fsp3) is 0.250. The minimum atomic E-state index is -1.06. The lowest BCUT2D eigenvalue weighted by atomic mass is 10.1. The molecule has 0 spiro atoms. The van der Waals surface area contributed by atoms with Crippen LogP contribution in [0.1, 0.15) is 27.9 Å². The van der Waals surface area contributed by atoms with Gasteiger partial charge in [-0.3, -0.25) is 24.5 Å². The number of nitro benzene ring substituents is 1. The van der Waals surface area contributed by atoms with Crippen LogP contribution in [0.15, 0.2) is 66.7 Å². The first kappa shape index (κ1) is 26.3. The van der Waals surface area contributed by atoms with Crippen molar-refractivity contribution in [1.29, 1.82) is 0 Å². The molecule has 1 saturated heterocycles. The number of rotatable bonds is 9. The molecule has 3 aromatic rings. The Balaban J connectivity index is 1.66. The van der Waals surface area contributed by atoms with E-state index in [4.69, 9.17) is 9.47 Å². The zero-order chi connectivity index (χ0) is 27.4. The van der Waals surface area contributed by atoms with E-state index in [-0.39, 0.29) is 24.2 Å². The summed E-state index contributed by atoms with van der Waals surface area (Å²) in [7, 11) is 3.04. The fourth-order valence-corrected chi connectivity index (χ4v) is 4.43. The minimum absolute atomic E-state index is 0.0561. The maximum Gasteiger partial charge on any atom is 0.270 e. The van der Waals surface area contributed by atoms with E-state index in [0.717, 1.165) is 16.0 Å². The third kappa shape index (κ3) is 5.34. The van der Waals surface area contributed by atoms with Crippen LogP contribution in [0.3, 0.4) is 0 Å². The first-order chi connectivity index (χ1) is 18.2. The molecular weight excluding hydrogens is 490 g/mol. The van der Waals surface area contributed by atoms with Crippen molar-refractivity contribution in [3.63, 3.8) is 0 Å². The van der Waals surface area contributed by atoms with Crippen molar-refractivity contribution in [2.24, 2.45) is 0 Å². The van der Waals surface area contributed by atoms with E-state index in [1.807, 2.05) is 13.0 Å². The van der Waals surface area contributed by atoms with Crippen LogP contribution in [-0.2, 0) is 16.0 Å². The molecule has 196 valence electrons. The number of amides is 3. The van der Waals surface area contributed by atoms with E-state index < -0.39 is 28.7 Å². The largest absolute Gasteiger partial charge is 0.493 e. The molecule has 3 aromatic carbocycles. The van der Waals surface area contributed by atoms with E-state index in [9.17, 15) is 24.5 Å². The number of ether oxygens (including phenoxy) is 2. The lowest BCUT2D eigenvalue weighted by Crippen LogP contribution is -2.46. The SMILES string of the molecule is COc1ccc(CCN(C(=O)c2cccc([N+](=O)[O-])c2)C2CC(=O)N(c3ccc(C)cc3)C2=O)cc1OC. The smallest absolute Gasteiger partial charge is 0.270 e. The fourth-order valence-electron chi connectivity index (χ4n) is 4.43. The van der Waals surface area contributed by atoms with E-state index in [1.165, 1.54) is 43.4 Å². The van der Waals surface area contributed by atoms with Crippen LogP contribution in [0.5, 0.6) is 11.5 Å². The van der Waals surface area contributed by atoms with Gasteiger partial charge in [-0.2, -0.15) is 0 Å². The number of aryl methyl sites for hydroxylation is 1. The topological polar surface area (TPSA) is 119 Å². The molecule has 38 heavy (non-hydrogen) atoms. The molecule has 0 bridgehead atoms. The second kappa shape index (κ2) is 11.1. The van der Waals surface area contributed by atoms with Gasteiger partial charge in [0.2, 0.25) is 5.91 Å². The molecule has 3 amide bonds. The molecule has 10 heteroatoms. The highest BCUT2D eigenvalue weighted by molar-refractivity contribution is 6.23. The summed E-state index contributed by atoms with van der Waals surface area (Å²) in [5.74, 6) is -0.465. The number of benzene rings is 3. The second-order valence-electron chi connectivity index (χ2n) is 8.87. The lowest BCUT2D eigenvalue weighted by Gasteiger charge is -2.28. The number of hydrogen-bond donors (Lipinski definition) is 0. The van der Waals surface area contributed by atoms with Gasteiger partial charge in [0.05, 0.1) is 31.3 Å². The predicted octanol–water partition coefficient (Wildman–Crippen LogP) is 3.94. The van der Waals surface area contributed by atoms with E-state index in [0.29, 0.717) is 23.6 Å². The Labute approximate surface area is 219 Å². The molecule has 1 heterocycles. The highest BCUT2D eigenvalue weighted by Crippen LogP contribution is 2.30. The first-order valence-electron chi connectivity index (χ1n) is 11.9. The molecule has 0 radical (unpaired) electrons. The zero-order valence-corrected chi connectivity index (χ0v) is 21.2. The lowest BCUT2D eigenvalue weighted by molar-refractivity contribution is -0.384. The zero-order valence-electron chi connectivity index (χ0n) is 21.2. The number of non-ortho nitro benzene ring substituents is 1. The van der Waals surface area contributed by atoms with Crippen LogP contribution in [0.4, 0.5) is 11.4 Å². The average Bonchev–Trinajstić information content (AvgIpc) is 3.22. The number of nitro groups is 1. The average molecular weight is 518 g/mol. The monoisotopic (exact) mass is 517 g/mol. The maximum atomic E-state index is 13.7. The van der Waals surface area contributed by atoms with Crippen LogP contribution in [-0.4, -0.2) is 54.4 Å². The summed E-state index contributed by atoms with van der Waals surface area (Å²) < 4.78 is 10.6. The van der Waals surface area contributed by atoms with Gasteiger partial charge in [-0.05, 0) is 49.2 Å². The number of nitrogens with zero attached hydrogens (tertiary/aromatic N) is 3. The van der Waals surface area contributed by atoms with Gasteiger partial charge in [-0.25, -0.2) is 4.90 Å². The summed E-state index contributed by atoms with van der Waals surface area (Å²) in [6, 6.07) is 16.6. The molecule has 0 saturated carbocycles. The van der Waals surface area contributed by atoms with E-state index in [1.54, 1.807) is 36.4 Å². The summed E-state index contributed by atoms with van der Waals surface area (Å²) in [4.78, 5) is 53.3. The molecule has 1 unspecified atom stereocenters. The first-order valence-corrected chi connectivity index (χ1v) is 11.9. The van der Waals surface area contributed by atoms with Gasteiger partial charge >= 0.3 is 0 Å². The Morgan fingerprint density at radius 3 is 2.39 bits per heavy atom. The van der Waals surface area contributed by atoms with Crippen molar-refractivity contribution in [3.05, 3.63) is 93.5 Å². The summed E-state index contributed by atoms with van der Waals surface area (Å²) in [6.45, 7) is 1.98. The Morgan fingerprint density at radius 1 is 1.03 bits per heavy atom. The number of carbonyl (C=O) groups is 3. The van der Waals surface area contributed by atoms with Crippen LogP contribution in [0.25, 0.3) is 0 Å². The van der Waals surface area contributed by atoms with Crippen molar-refractivity contribution in [3.8, 4) is 11.5 Å². The Bertz CT molecular complexity index is 1390. The number of anilines is 1. The summed E-state index contributed by atoms with van der Waals surface area (Å²) in [5, 5.41) is 11.3. The third-order valence-electron chi connectivity index (χ3n) is 6.45. The number of hydrogen-bond acceptors (Lipinski definition) is 7. The molecule has 1 aliphatic heterocycles. The van der Waals surface area contributed by atoms with Crippen LogP contribution in [0, 0.1) is 17.0 Å². The molecule has 1 aliphatic rings. The standard InChI is InChI=1S/C28H27N3O7/c1-18-7-10-21(11-8-18)30-26(32)17-23(28(30)34)29(27(33)20-5-4-6-22(16-20)31(35)36)14-13-19-9-12-24(37-2)25(15-19)38-3/h4-12,15-16,23H,13-14,17H2,1-3H3. The number of imide groups is 1. The molecule has 0 N–H and O–H groups in total. The molecule has 4 rings (SSSR count). The maximum absolute atomic E-state index is 13.7.